The molecule has 0 unspecified atom stereocenters. The zero-order chi connectivity index (χ0) is 16.4. The number of rotatable bonds is 4. The molecule has 1 aromatic carbocycles. The highest BCUT2D eigenvalue weighted by atomic mass is 19.4. The lowest BCUT2D eigenvalue weighted by atomic mass is 10.00. The molecule has 1 atom stereocenters. The van der Waals surface area contributed by atoms with E-state index in [-0.39, 0.29) is 24.0 Å². The highest BCUT2D eigenvalue weighted by Crippen LogP contribution is 2.42. The topological polar surface area (TPSA) is 41.1 Å². The predicted octanol–water partition coefficient (Wildman–Crippen LogP) is 4.17. The third kappa shape index (κ3) is 4.06. The average molecular weight is 324 g/mol. The van der Waals surface area contributed by atoms with E-state index in [9.17, 15) is 18.0 Å². The van der Waals surface area contributed by atoms with Crippen molar-refractivity contribution in [3.8, 4) is 0 Å². The molecule has 3 rings (SSSR count). The Hall–Kier alpha value is -1.98. The monoisotopic (exact) mass is 324 g/mol. The molecule has 2 aliphatic carbocycles. The maximum Gasteiger partial charge on any atom is 0.416 e. The van der Waals surface area contributed by atoms with Gasteiger partial charge in [0.1, 0.15) is 0 Å². The van der Waals surface area contributed by atoms with Gasteiger partial charge in [0.2, 0.25) is 0 Å². The number of halogens is 3. The number of benzene rings is 1. The molecule has 2 N–H and O–H groups in total. The van der Waals surface area contributed by atoms with Gasteiger partial charge in [-0.25, -0.2) is 4.79 Å². The average Bonchev–Trinajstić information content (AvgIpc) is 3.22. The van der Waals surface area contributed by atoms with Crippen LogP contribution in [0.25, 0.3) is 0 Å². The summed E-state index contributed by atoms with van der Waals surface area (Å²) in [5.41, 5.74) is -0.162. The van der Waals surface area contributed by atoms with Crippen LogP contribution in [-0.2, 0) is 6.18 Å². The van der Waals surface area contributed by atoms with Crippen molar-refractivity contribution < 1.29 is 18.0 Å². The molecule has 0 saturated heterocycles. The Morgan fingerprint density at radius 2 is 1.87 bits per heavy atom. The van der Waals surface area contributed by atoms with Gasteiger partial charge in [-0.1, -0.05) is 24.3 Å². The summed E-state index contributed by atoms with van der Waals surface area (Å²) in [6, 6.07) is 4.64. The Kier molecular flexibility index (Phi) is 4.33. The van der Waals surface area contributed by atoms with E-state index in [2.05, 4.69) is 10.6 Å². The summed E-state index contributed by atoms with van der Waals surface area (Å²) in [4.78, 5) is 12.1. The van der Waals surface area contributed by atoms with E-state index < -0.39 is 11.7 Å². The fourth-order valence-corrected chi connectivity index (χ4v) is 2.91. The van der Waals surface area contributed by atoms with Crippen molar-refractivity contribution in [2.45, 2.75) is 43.9 Å². The SMILES string of the molecule is O=C(NC1CC=CC1)N[C@H](c1cccc(C(F)(F)F)c1)C1CC1. The van der Waals surface area contributed by atoms with E-state index in [0.29, 0.717) is 5.56 Å². The minimum absolute atomic E-state index is 0.0800. The molecule has 23 heavy (non-hydrogen) atoms. The van der Waals surface area contributed by atoms with Crippen LogP contribution in [0, 0.1) is 5.92 Å². The zero-order valence-electron chi connectivity index (χ0n) is 12.6. The zero-order valence-corrected chi connectivity index (χ0v) is 12.6. The van der Waals surface area contributed by atoms with E-state index in [0.717, 1.165) is 37.8 Å². The van der Waals surface area contributed by atoms with Crippen LogP contribution in [0.4, 0.5) is 18.0 Å². The normalized spacial score (nSPS) is 19.6. The Bertz CT molecular complexity index is 600. The number of amides is 2. The molecular weight excluding hydrogens is 305 g/mol. The van der Waals surface area contributed by atoms with Crippen LogP contribution < -0.4 is 10.6 Å². The number of hydrogen-bond acceptors (Lipinski definition) is 1. The van der Waals surface area contributed by atoms with E-state index >= 15 is 0 Å². The fraction of sp³-hybridized carbons (Fsp3) is 0.471. The molecule has 0 aliphatic heterocycles. The van der Waals surface area contributed by atoms with Crippen molar-refractivity contribution in [3.63, 3.8) is 0 Å². The van der Waals surface area contributed by atoms with Gasteiger partial charge in [-0.05, 0) is 49.3 Å². The number of hydrogen-bond donors (Lipinski definition) is 2. The summed E-state index contributed by atoms with van der Waals surface area (Å²) in [6.07, 6.45) is 3.09. The van der Waals surface area contributed by atoms with Crippen LogP contribution in [0.1, 0.15) is 42.9 Å². The highest BCUT2D eigenvalue weighted by Gasteiger charge is 2.36. The summed E-state index contributed by atoms with van der Waals surface area (Å²) < 4.78 is 38.6. The maximum atomic E-state index is 12.9. The Morgan fingerprint density at radius 1 is 1.17 bits per heavy atom. The first kappa shape index (κ1) is 15.9. The number of urea groups is 1. The molecule has 1 fully saturated rings. The van der Waals surface area contributed by atoms with Crippen molar-refractivity contribution in [3.05, 3.63) is 47.5 Å². The van der Waals surface area contributed by atoms with Crippen molar-refractivity contribution in [1.29, 1.82) is 0 Å². The van der Waals surface area contributed by atoms with Crippen molar-refractivity contribution in [2.24, 2.45) is 5.92 Å². The van der Waals surface area contributed by atoms with E-state index in [4.69, 9.17) is 0 Å². The third-order valence-electron chi connectivity index (χ3n) is 4.30. The lowest BCUT2D eigenvalue weighted by Gasteiger charge is -2.22. The van der Waals surface area contributed by atoms with Crippen LogP contribution in [0.5, 0.6) is 0 Å². The van der Waals surface area contributed by atoms with Gasteiger partial charge in [0.15, 0.2) is 0 Å². The summed E-state index contributed by atoms with van der Waals surface area (Å²) in [6.45, 7) is 0. The summed E-state index contributed by atoms with van der Waals surface area (Å²) >= 11 is 0. The van der Waals surface area contributed by atoms with E-state index in [1.807, 2.05) is 12.2 Å². The molecule has 2 aliphatic rings. The molecule has 3 nitrogen and oxygen atoms in total. The third-order valence-corrected chi connectivity index (χ3v) is 4.30. The molecular formula is C17H19F3N2O. The standard InChI is InChI=1S/C17H19F3N2O/c18-17(19,20)13-5-3-4-12(10-13)15(11-8-9-11)22-16(23)21-14-6-1-2-7-14/h1-5,10-11,14-15H,6-9H2,(H2,21,22,23)/t15-/m0/s1. The van der Waals surface area contributed by atoms with Gasteiger partial charge in [-0.2, -0.15) is 13.2 Å². The van der Waals surface area contributed by atoms with Gasteiger partial charge >= 0.3 is 12.2 Å². The molecule has 2 amide bonds. The molecule has 124 valence electrons. The Balaban J connectivity index is 1.70. The molecule has 6 heteroatoms. The first-order valence-electron chi connectivity index (χ1n) is 7.82. The van der Waals surface area contributed by atoms with Crippen LogP contribution in [0.2, 0.25) is 0 Å². The largest absolute Gasteiger partial charge is 0.416 e. The number of carbonyl (C=O) groups is 1. The lowest BCUT2D eigenvalue weighted by molar-refractivity contribution is -0.137. The number of alkyl halides is 3. The quantitative estimate of drug-likeness (QED) is 0.802. The second-order valence-corrected chi connectivity index (χ2v) is 6.20. The molecule has 0 spiro atoms. The van der Waals surface area contributed by atoms with E-state index in [1.54, 1.807) is 6.07 Å². The van der Waals surface area contributed by atoms with Crippen molar-refractivity contribution >= 4 is 6.03 Å². The smallest absolute Gasteiger partial charge is 0.335 e. The van der Waals surface area contributed by atoms with Crippen LogP contribution in [0.15, 0.2) is 36.4 Å². The first-order valence-corrected chi connectivity index (χ1v) is 7.82. The van der Waals surface area contributed by atoms with Crippen LogP contribution in [0.3, 0.4) is 0 Å². The minimum atomic E-state index is -4.37. The second-order valence-electron chi connectivity index (χ2n) is 6.20. The second kappa shape index (κ2) is 6.26. The summed E-state index contributed by atoms with van der Waals surface area (Å²) in [5, 5.41) is 5.73. The first-order chi connectivity index (χ1) is 10.9. The summed E-state index contributed by atoms with van der Waals surface area (Å²) in [5.74, 6) is 0.214. The van der Waals surface area contributed by atoms with Gasteiger partial charge in [0.05, 0.1) is 11.6 Å². The Labute approximate surface area is 133 Å². The minimum Gasteiger partial charge on any atom is -0.335 e. The Morgan fingerprint density at radius 3 is 2.48 bits per heavy atom. The van der Waals surface area contributed by atoms with Gasteiger partial charge in [-0.15, -0.1) is 0 Å². The molecule has 0 aromatic heterocycles. The van der Waals surface area contributed by atoms with Crippen molar-refractivity contribution in [1.82, 2.24) is 10.6 Å². The molecule has 0 radical (unpaired) electrons. The number of nitrogens with one attached hydrogen (secondary N) is 2. The van der Waals surface area contributed by atoms with Gasteiger partial charge in [-0.3, -0.25) is 0 Å². The number of carbonyl (C=O) groups excluding carboxylic acids is 1. The van der Waals surface area contributed by atoms with Crippen LogP contribution >= 0.6 is 0 Å². The lowest BCUT2D eigenvalue weighted by Crippen LogP contribution is -2.43. The molecule has 0 bridgehead atoms. The van der Waals surface area contributed by atoms with E-state index in [1.165, 1.54) is 6.07 Å². The van der Waals surface area contributed by atoms with Gasteiger partial charge in [0.25, 0.3) is 0 Å². The highest BCUT2D eigenvalue weighted by molar-refractivity contribution is 5.75. The maximum absolute atomic E-state index is 12.9. The molecule has 1 saturated carbocycles. The molecule has 0 heterocycles. The predicted molar refractivity (Wildman–Crippen MR) is 80.7 cm³/mol. The van der Waals surface area contributed by atoms with Gasteiger partial charge in [0, 0.05) is 6.04 Å². The van der Waals surface area contributed by atoms with Crippen LogP contribution in [-0.4, -0.2) is 12.1 Å². The molecule has 1 aromatic rings. The fourth-order valence-electron chi connectivity index (χ4n) is 2.91. The van der Waals surface area contributed by atoms with Gasteiger partial charge < -0.3 is 10.6 Å². The summed E-state index contributed by atoms with van der Waals surface area (Å²) in [7, 11) is 0. The van der Waals surface area contributed by atoms with Crippen molar-refractivity contribution in [2.75, 3.05) is 0 Å².